The third-order valence-corrected chi connectivity index (χ3v) is 2.69. The lowest BCUT2D eigenvalue weighted by atomic mass is 10.0. The van der Waals surface area contributed by atoms with E-state index in [1.54, 1.807) is 19.9 Å². The maximum atomic E-state index is 11.7. The number of unbranched alkanes of at least 4 members (excludes halogenated alkanes) is 2. The average Bonchev–Trinajstić information content (AvgIpc) is 2.28. The Hall–Kier alpha value is -1.58. The summed E-state index contributed by atoms with van der Waals surface area (Å²) in [6.07, 6.45) is 3.82. The van der Waals surface area contributed by atoms with Crippen molar-refractivity contribution in [2.75, 3.05) is 6.61 Å². The second kappa shape index (κ2) is 6.99. The van der Waals surface area contributed by atoms with Gasteiger partial charge in [0.05, 0.1) is 6.61 Å². The molecule has 0 N–H and O–H groups in total. The Labute approximate surface area is 107 Å². The van der Waals surface area contributed by atoms with Gasteiger partial charge in [0.1, 0.15) is 11.3 Å². The SMILES string of the molecule is CCCCCc1cc(C)oc(=O)c1C(=O)OCC. The summed E-state index contributed by atoms with van der Waals surface area (Å²) < 4.78 is 9.86. The number of hydrogen-bond acceptors (Lipinski definition) is 4. The first-order chi connectivity index (χ1) is 8.60. The van der Waals surface area contributed by atoms with Gasteiger partial charge in [-0.3, -0.25) is 0 Å². The van der Waals surface area contributed by atoms with E-state index in [9.17, 15) is 9.59 Å². The Morgan fingerprint density at radius 1 is 1.33 bits per heavy atom. The molecule has 0 aromatic carbocycles. The molecule has 0 amide bonds. The predicted octanol–water partition coefficient (Wildman–Crippen LogP) is 2.86. The molecule has 4 heteroatoms. The van der Waals surface area contributed by atoms with Crippen LogP contribution in [0.5, 0.6) is 0 Å². The van der Waals surface area contributed by atoms with Gasteiger partial charge in [-0.05, 0) is 38.3 Å². The number of carbonyl (C=O) groups excluding carboxylic acids is 1. The van der Waals surface area contributed by atoms with Gasteiger partial charge >= 0.3 is 11.6 Å². The molecule has 1 heterocycles. The molecule has 0 atom stereocenters. The van der Waals surface area contributed by atoms with Crippen molar-refractivity contribution in [3.63, 3.8) is 0 Å². The summed E-state index contributed by atoms with van der Waals surface area (Å²) in [5, 5.41) is 0. The van der Waals surface area contributed by atoms with Crippen molar-refractivity contribution in [2.45, 2.75) is 46.5 Å². The van der Waals surface area contributed by atoms with Crippen molar-refractivity contribution < 1.29 is 13.9 Å². The van der Waals surface area contributed by atoms with Gasteiger partial charge in [-0.15, -0.1) is 0 Å². The molecule has 4 nitrogen and oxygen atoms in total. The van der Waals surface area contributed by atoms with E-state index in [-0.39, 0.29) is 12.2 Å². The molecule has 0 aliphatic heterocycles. The molecule has 0 saturated heterocycles. The topological polar surface area (TPSA) is 56.5 Å². The molecule has 0 fully saturated rings. The largest absolute Gasteiger partial charge is 0.462 e. The fourth-order valence-electron chi connectivity index (χ4n) is 1.86. The molecule has 0 bridgehead atoms. The molecule has 0 radical (unpaired) electrons. The summed E-state index contributed by atoms with van der Waals surface area (Å²) in [7, 11) is 0. The third kappa shape index (κ3) is 3.72. The van der Waals surface area contributed by atoms with E-state index in [2.05, 4.69) is 6.92 Å². The number of rotatable bonds is 6. The van der Waals surface area contributed by atoms with E-state index in [0.29, 0.717) is 12.2 Å². The molecule has 100 valence electrons. The summed E-state index contributed by atoms with van der Waals surface area (Å²) in [5.41, 5.74) is 0.189. The van der Waals surface area contributed by atoms with E-state index in [0.717, 1.165) is 24.8 Å². The Morgan fingerprint density at radius 2 is 2.06 bits per heavy atom. The van der Waals surface area contributed by atoms with Crippen LogP contribution in [-0.2, 0) is 11.2 Å². The molecule has 0 spiro atoms. The third-order valence-electron chi connectivity index (χ3n) is 2.69. The zero-order valence-electron chi connectivity index (χ0n) is 11.2. The highest BCUT2D eigenvalue weighted by molar-refractivity contribution is 5.90. The quantitative estimate of drug-likeness (QED) is 0.577. The van der Waals surface area contributed by atoms with Crippen LogP contribution < -0.4 is 5.63 Å². The monoisotopic (exact) mass is 252 g/mol. The minimum atomic E-state index is -0.597. The maximum absolute atomic E-state index is 11.7. The number of carbonyl (C=O) groups is 1. The fraction of sp³-hybridized carbons (Fsp3) is 0.571. The molecule has 1 aromatic rings. The van der Waals surface area contributed by atoms with Crippen LogP contribution in [-0.4, -0.2) is 12.6 Å². The van der Waals surface area contributed by atoms with Crippen molar-refractivity contribution in [1.29, 1.82) is 0 Å². The second-order valence-corrected chi connectivity index (χ2v) is 4.22. The van der Waals surface area contributed by atoms with Crippen molar-refractivity contribution in [1.82, 2.24) is 0 Å². The molecule has 18 heavy (non-hydrogen) atoms. The smallest absolute Gasteiger partial charge is 0.350 e. The normalized spacial score (nSPS) is 10.4. The zero-order valence-corrected chi connectivity index (χ0v) is 11.2. The molecule has 0 aliphatic carbocycles. The Morgan fingerprint density at radius 3 is 2.67 bits per heavy atom. The van der Waals surface area contributed by atoms with Crippen molar-refractivity contribution >= 4 is 5.97 Å². The molecule has 0 unspecified atom stereocenters. The van der Waals surface area contributed by atoms with Crippen molar-refractivity contribution in [3.05, 3.63) is 33.4 Å². The first-order valence-corrected chi connectivity index (χ1v) is 6.40. The summed E-state index contributed by atoms with van der Waals surface area (Å²) in [5.74, 6) is -0.0581. The first-order valence-electron chi connectivity index (χ1n) is 6.40. The summed E-state index contributed by atoms with van der Waals surface area (Å²) >= 11 is 0. The Kier molecular flexibility index (Phi) is 5.62. The van der Waals surface area contributed by atoms with Gasteiger partial charge in [0.15, 0.2) is 0 Å². The van der Waals surface area contributed by atoms with Crippen LogP contribution in [0, 0.1) is 6.92 Å². The average molecular weight is 252 g/mol. The van der Waals surface area contributed by atoms with Crippen molar-refractivity contribution in [2.24, 2.45) is 0 Å². The van der Waals surface area contributed by atoms with Crippen molar-refractivity contribution in [3.8, 4) is 0 Å². The van der Waals surface area contributed by atoms with Gasteiger partial charge in [0, 0.05) is 0 Å². The van der Waals surface area contributed by atoms with Crippen LogP contribution in [0.4, 0.5) is 0 Å². The highest BCUT2D eigenvalue weighted by Gasteiger charge is 2.19. The Bertz CT molecular complexity index is 459. The molecular weight excluding hydrogens is 232 g/mol. The second-order valence-electron chi connectivity index (χ2n) is 4.22. The highest BCUT2D eigenvalue weighted by atomic mass is 16.5. The van der Waals surface area contributed by atoms with Gasteiger partial charge in [0.2, 0.25) is 0 Å². The minimum absolute atomic E-state index is 0.0542. The van der Waals surface area contributed by atoms with Gasteiger partial charge < -0.3 is 9.15 Å². The van der Waals surface area contributed by atoms with Crippen LogP contribution in [0.3, 0.4) is 0 Å². The van der Waals surface area contributed by atoms with Crippen LogP contribution >= 0.6 is 0 Å². The molecule has 0 aliphatic rings. The lowest BCUT2D eigenvalue weighted by Gasteiger charge is -2.08. The van der Waals surface area contributed by atoms with Crippen LogP contribution in [0.1, 0.15) is 54.8 Å². The Balaban J connectivity index is 3.05. The summed E-state index contributed by atoms with van der Waals surface area (Å²) in [6.45, 7) is 5.78. The van der Waals surface area contributed by atoms with Crippen LogP contribution in [0.2, 0.25) is 0 Å². The maximum Gasteiger partial charge on any atom is 0.350 e. The summed E-state index contributed by atoms with van der Waals surface area (Å²) in [4.78, 5) is 23.5. The first kappa shape index (κ1) is 14.5. The standard InChI is InChI=1S/C14H20O4/c1-4-6-7-8-11-9-10(3)18-14(16)12(11)13(15)17-5-2/h9H,4-8H2,1-3H3. The predicted molar refractivity (Wildman–Crippen MR) is 68.9 cm³/mol. The van der Waals surface area contributed by atoms with Crippen LogP contribution in [0.15, 0.2) is 15.3 Å². The molecule has 1 rings (SSSR count). The highest BCUT2D eigenvalue weighted by Crippen LogP contribution is 2.13. The van der Waals surface area contributed by atoms with Gasteiger partial charge in [-0.25, -0.2) is 9.59 Å². The number of aryl methyl sites for hydroxylation is 2. The number of esters is 1. The molecular formula is C14H20O4. The van der Waals surface area contributed by atoms with E-state index in [1.165, 1.54) is 0 Å². The zero-order chi connectivity index (χ0) is 13.5. The molecule has 0 saturated carbocycles. The number of hydrogen-bond donors (Lipinski definition) is 0. The van der Waals surface area contributed by atoms with Gasteiger partial charge in [0.25, 0.3) is 0 Å². The molecule has 1 aromatic heterocycles. The number of ether oxygens (including phenoxy) is 1. The van der Waals surface area contributed by atoms with Gasteiger partial charge in [-0.1, -0.05) is 19.8 Å². The lowest BCUT2D eigenvalue weighted by Crippen LogP contribution is -2.20. The van der Waals surface area contributed by atoms with Crippen LogP contribution in [0.25, 0.3) is 0 Å². The van der Waals surface area contributed by atoms with E-state index >= 15 is 0 Å². The fourth-order valence-corrected chi connectivity index (χ4v) is 1.86. The van der Waals surface area contributed by atoms with E-state index in [1.807, 2.05) is 0 Å². The van der Waals surface area contributed by atoms with E-state index < -0.39 is 11.6 Å². The minimum Gasteiger partial charge on any atom is -0.462 e. The van der Waals surface area contributed by atoms with Gasteiger partial charge in [-0.2, -0.15) is 0 Å². The van der Waals surface area contributed by atoms with E-state index in [4.69, 9.17) is 9.15 Å². The lowest BCUT2D eigenvalue weighted by molar-refractivity contribution is 0.0519. The summed E-state index contributed by atoms with van der Waals surface area (Å²) in [6, 6.07) is 1.75.